The molecule has 0 aliphatic carbocycles. The van der Waals surface area contributed by atoms with Crippen molar-refractivity contribution in [3.63, 3.8) is 0 Å². The van der Waals surface area contributed by atoms with Crippen molar-refractivity contribution in [2.24, 2.45) is 0 Å². The Hall–Kier alpha value is -3.67. The van der Waals surface area contributed by atoms with Gasteiger partial charge < -0.3 is 18.4 Å². The van der Waals surface area contributed by atoms with Crippen molar-refractivity contribution in [1.82, 2.24) is 0 Å². The SMILES string of the molecule is CCOc1cc(/C=C(\C#N)c2ccc(OC)c(OC)c2)cc(Cl)c1OS(=O)(=O)c1ccccc1. The number of methoxy groups -OCH3 is 2. The van der Waals surface area contributed by atoms with Crippen LogP contribution in [-0.4, -0.2) is 29.2 Å². The Labute approximate surface area is 203 Å². The first-order valence-corrected chi connectivity index (χ1v) is 11.9. The fourth-order valence-corrected chi connectivity index (χ4v) is 4.39. The van der Waals surface area contributed by atoms with Crippen molar-refractivity contribution >= 4 is 33.4 Å². The monoisotopic (exact) mass is 499 g/mol. The Bertz CT molecular complexity index is 1350. The summed E-state index contributed by atoms with van der Waals surface area (Å²) >= 11 is 6.41. The Balaban J connectivity index is 2.04. The molecule has 0 aromatic heterocycles. The van der Waals surface area contributed by atoms with Gasteiger partial charge in [0.2, 0.25) is 5.75 Å². The molecular weight excluding hydrogens is 478 g/mol. The number of nitrogens with zero attached hydrogens (tertiary/aromatic N) is 1. The number of halogens is 1. The molecule has 3 aromatic rings. The average Bonchev–Trinajstić information content (AvgIpc) is 2.85. The Kier molecular flexibility index (Phi) is 8.05. The zero-order valence-electron chi connectivity index (χ0n) is 18.7. The van der Waals surface area contributed by atoms with Gasteiger partial charge in [-0.15, -0.1) is 0 Å². The Morgan fingerprint density at radius 2 is 1.71 bits per heavy atom. The largest absolute Gasteiger partial charge is 0.493 e. The molecule has 3 aromatic carbocycles. The molecule has 0 fully saturated rings. The van der Waals surface area contributed by atoms with Crippen LogP contribution in [0.2, 0.25) is 5.02 Å². The molecule has 0 unspecified atom stereocenters. The van der Waals surface area contributed by atoms with E-state index in [0.717, 1.165) is 0 Å². The van der Waals surface area contributed by atoms with Gasteiger partial charge in [-0.25, -0.2) is 0 Å². The molecular formula is C25H22ClNO6S. The molecule has 3 rings (SSSR count). The molecule has 0 saturated carbocycles. The quantitative estimate of drug-likeness (QED) is 0.215. The molecule has 0 amide bonds. The lowest BCUT2D eigenvalue weighted by atomic mass is 10.0. The maximum atomic E-state index is 12.7. The van der Waals surface area contributed by atoms with Gasteiger partial charge in [0.25, 0.3) is 0 Å². The molecule has 0 heterocycles. The average molecular weight is 500 g/mol. The first kappa shape index (κ1) is 25.0. The van der Waals surface area contributed by atoms with Crippen LogP contribution in [0.25, 0.3) is 11.6 Å². The van der Waals surface area contributed by atoms with E-state index in [1.54, 1.807) is 55.5 Å². The zero-order chi connectivity index (χ0) is 24.7. The third kappa shape index (κ3) is 5.63. The molecule has 0 atom stereocenters. The summed E-state index contributed by atoms with van der Waals surface area (Å²) < 4.78 is 46.9. The summed E-state index contributed by atoms with van der Waals surface area (Å²) in [5.41, 5.74) is 1.44. The normalized spacial score (nSPS) is 11.4. The van der Waals surface area contributed by atoms with E-state index in [0.29, 0.717) is 28.2 Å². The van der Waals surface area contributed by atoms with Crippen LogP contribution in [0.15, 0.2) is 65.6 Å². The maximum absolute atomic E-state index is 12.7. The number of benzene rings is 3. The minimum absolute atomic E-state index is 0.0151. The lowest BCUT2D eigenvalue weighted by molar-refractivity contribution is 0.327. The molecule has 0 radical (unpaired) electrons. The first-order valence-electron chi connectivity index (χ1n) is 10.1. The minimum atomic E-state index is -4.13. The van der Waals surface area contributed by atoms with Gasteiger partial charge in [-0.1, -0.05) is 29.8 Å². The summed E-state index contributed by atoms with van der Waals surface area (Å²) in [5.74, 6) is 1.01. The smallest absolute Gasteiger partial charge is 0.339 e. The molecule has 0 N–H and O–H groups in total. The lowest BCUT2D eigenvalue weighted by Crippen LogP contribution is -2.11. The van der Waals surface area contributed by atoms with Crippen LogP contribution in [0.4, 0.5) is 0 Å². The Morgan fingerprint density at radius 3 is 2.32 bits per heavy atom. The summed E-state index contributed by atoms with van der Waals surface area (Å²) in [5, 5.41) is 9.76. The molecule has 0 spiro atoms. The molecule has 176 valence electrons. The minimum Gasteiger partial charge on any atom is -0.493 e. The van der Waals surface area contributed by atoms with Crippen LogP contribution >= 0.6 is 11.6 Å². The van der Waals surface area contributed by atoms with Gasteiger partial charge in [0.15, 0.2) is 17.2 Å². The van der Waals surface area contributed by atoms with E-state index in [9.17, 15) is 13.7 Å². The van der Waals surface area contributed by atoms with Gasteiger partial charge in [0.05, 0.1) is 37.5 Å². The molecule has 9 heteroatoms. The van der Waals surface area contributed by atoms with E-state index < -0.39 is 10.1 Å². The second-order valence-electron chi connectivity index (χ2n) is 6.85. The van der Waals surface area contributed by atoms with Gasteiger partial charge in [0, 0.05) is 0 Å². The van der Waals surface area contributed by atoms with Gasteiger partial charge in [-0.05, 0) is 66.6 Å². The van der Waals surface area contributed by atoms with Crippen LogP contribution in [0.3, 0.4) is 0 Å². The molecule has 7 nitrogen and oxygen atoms in total. The molecule has 0 bridgehead atoms. The summed E-state index contributed by atoms with van der Waals surface area (Å²) in [4.78, 5) is -0.0160. The van der Waals surface area contributed by atoms with Crippen molar-refractivity contribution in [1.29, 1.82) is 5.26 Å². The summed E-state index contributed by atoms with van der Waals surface area (Å²) in [6.45, 7) is 1.99. The van der Waals surface area contributed by atoms with E-state index in [-0.39, 0.29) is 28.0 Å². The van der Waals surface area contributed by atoms with E-state index in [2.05, 4.69) is 6.07 Å². The summed E-state index contributed by atoms with van der Waals surface area (Å²) in [6.07, 6.45) is 1.60. The number of ether oxygens (including phenoxy) is 3. The highest BCUT2D eigenvalue weighted by Crippen LogP contribution is 2.39. The van der Waals surface area contributed by atoms with Gasteiger partial charge in [-0.3, -0.25) is 0 Å². The summed E-state index contributed by atoms with van der Waals surface area (Å²) in [6, 6.07) is 18.0. The van der Waals surface area contributed by atoms with Crippen LogP contribution in [0, 0.1) is 11.3 Å². The molecule has 0 aliphatic rings. The molecule has 0 aliphatic heterocycles. The number of hydrogen-bond acceptors (Lipinski definition) is 7. The number of rotatable bonds is 9. The van der Waals surface area contributed by atoms with Crippen LogP contribution in [0.5, 0.6) is 23.0 Å². The highest BCUT2D eigenvalue weighted by atomic mass is 35.5. The Morgan fingerprint density at radius 1 is 1.00 bits per heavy atom. The fourth-order valence-electron chi connectivity index (χ4n) is 3.11. The number of allylic oxidation sites excluding steroid dienone is 1. The predicted octanol–water partition coefficient (Wildman–Crippen LogP) is 5.59. The molecule has 0 saturated heterocycles. The highest BCUT2D eigenvalue weighted by molar-refractivity contribution is 7.87. The van der Waals surface area contributed by atoms with Crippen LogP contribution in [0.1, 0.15) is 18.1 Å². The predicted molar refractivity (Wildman–Crippen MR) is 130 cm³/mol. The van der Waals surface area contributed by atoms with E-state index in [1.165, 1.54) is 32.4 Å². The van der Waals surface area contributed by atoms with E-state index in [4.69, 9.17) is 30.0 Å². The van der Waals surface area contributed by atoms with Crippen LogP contribution in [-0.2, 0) is 10.1 Å². The lowest BCUT2D eigenvalue weighted by Gasteiger charge is -2.14. The third-order valence-electron chi connectivity index (χ3n) is 4.68. The number of hydrogen-bond donors (Lipinski definition) is 0. The van der Waals surface area contributed by atoms with Crippen molar-refractivity contribution < 1.29 is 26.8 Å². The van der Waals surface area contributed by atoms with E-state index >= 15 is 0 Å². The highest BCUT2D eigenvalue weighted by Gasteiger charge is 2.22. The zero-order valence-corrected chi connectivity index (χ0v) is 20.3. The topological polar surface area (TPSA) is 94.8 Å². The van der Waals surface area contributed by atoms with Crippen LogP contribution < -0.4 is 18.4 Å². The fraction of sp³-hybridized carbons (Fsp3) is 0.160. The van der Waals surface area contributed by atoms with Crippen molar-refractivity contribution in [3.8, 4) is 29.1 Å². The van der Waals surface area contributed by atoms with Crippen molar-refractivity contribution in [2.75, 3.05) is 20.8 Å². The second-order valence-corrected chi connectivity index (χ2v) is 8.81. The van der Waals surface area contributed by atoms with Gasteiger partial charge >= 0.3 is 10.1 Å². The van der Waals surface area contributed by atoms with Gasteiger partial charge in [-0.2, -0.15) is 13.7 Å². The van der Waals surface area contributed by atoms with Gasteiger partial charge in [0.1, 0.15) is 4.90 Å². The van der Waals surface area contributed by atoms with Crippen molar-refractivity contribution in [2.45, 2.75) is 11.8 Å². The summed E-state index contributed by atoms with van der Waals surface area (Å²) in [7, 11) is -1.10. The third-order valence-corrected chi connectivity index (χ3v) is 6.20. The number of nitriles is 1. The maximum Gasteiger partial charge on any atom is 0.339 e. The van der Waals surface area contributed by atoms with Crippen molar-refractivity contribution in [3.05, 3.63) is 76.8 Å². The second kappa shape index (κ2) is 11.0. The standard InChI is InChI=1S/C25H22ClNO6S/c1-4-32-24-14-17(12-19(16-27)18-10-11-22(30-2)23(15-18)31-3)13-21(26)25(24)33-34(28,29)20-8-6-5-7-9-20/h5-15H,4H2,1-3H3/b19-12+. The molecule has 34 heavy (non-hydrogen) atoms. The first-order chi connectivity index (χ1) is 16.3. The van der Waals surface area contributed by atoms with E-state index in [1.807, 2.05) is 0 Å².